The van der Waals surface area contributed by atoms with Crippen molar-refractivity contribution in [2.45, 2.75) is 13.3 Å². The third-order valence-electron chi connectivity index (χ3n) is 1.87. The van der Waals surface area contributed by atoms with Crippen LogP contribution in [0.3, 0.4) is 0 Å². The molecule has 0 heterocycles. The monoisotopic (exact) mass is 349 g/mol. The molecular weight excluding hydrogens is 340 g/mol. The Morgan fingerprint density at radius 3 is 2.88 bits per heavy atom. The number of hydrogen-bond acceptors (Lipinski definition) is 3. The largest absolute Gasteiger partial charge is 0.466 e. The van der Waals surface area contributed by atoms with Gasteiger partial charge in [-0.2, -0.15) is 5.26 Å². The molecular formula is C11H9ClINO2. The van der Waals surface area contributed by atoms with E-state index in [0.717, 1.165) is 3.57 Å². The number of nitrogens with zero attached hydrogens (tertiary/aromatic N) is 1. The molecule has 0 aliphatic heterocycles. The van der Waals surface area contributed by atoms with E-state index in [9.17, 15) is 4.79 Å². The number of rotatable bonds is 3. The highest BCUT2D eigenvalue weighted by Gasteiger charge is 2.12. The number of ether oxygens (including phenoxy) is 1. The molecule has 0 amide bonds. The molecule has 84 valence electrons. The summed E-state index contributed by atoms with van der Waals surface area (Å²) in [4.78, 5) is 11.3. The summed E-state index contributed by atoms with van der Waals surface area (Å²) in [6.07, 6.45) is 0.0954. The summed E-state index contributed by atoms with van der Waals surface area (Å²) in [5, 5.41) is 9.18. The lowest BCUT2D eigenvalue weighted by atomic mass is 10.1. The third kappa shape index (κ3) is 3.35. The second kappa shape index (κ2) is 6.06. The van der Waals surface area contributed by atoms with E-state index in [2.05, 4.69) is 22.6 Å². The number of carbonyl (C=O) groups excluding carboxylic acids is 1. The molecule has 0 N–H and O–H groups in total. The molecule has 0 aliphatic rings. The van der Waals surface area contributed by atoms with Gasteiger partial charge in [-0.3, -0.25) is 4.79 Å². The summed E-state index contributed by atoms with van der Waals surface area (Å²) in [6, 6.07) is 5.45. The van der Waals surface area contributed by atoms with E-state index in [1.165, 1.54) is 0 Å². The molecule has 0 aliphatic carbocycles. The van der Waals surface area contributed by atoms with E-state index in [0.29, 0.717) is 22.8 Å². The Kier molecular flexibility index (Phi) is 5.03. The van der Waals surface area contributed by atoms with Crippen LogP contribution in [0.5, 0.6) is 0 Å². The first kappa shape index (κ1) is 13.3. The molecule has 1 rings (SSSR count). The fourth-order valence-electron chi connectivity index (χ4n) is 1.22. The third-order valence-corrected chi connectivity index (χ3v) is 2.94. The average molecular weight is 350 g/mol. The van der Waals surface area contributed by atoms with Crippen LogP contribution >= 0.6 is 34.2 Å². The number of esters is 1. The lowest BCUT2D eigenvalue weighted by Crippen LogP contribution is -2.08. The highest BCUT2D eigenvalue weighted by Crippen LogP contribution is 2.24. The van der Waals surface area contributed by atoms with Crippen LogP contribution in [-0.4, -0.2) is 12.6 Å². The summed E-state index contributed by atoms with van der Waals surface area (Å²) >= 11 is 8.07. The van der Waals surface area contributed by atoms with Gasteiger partial charge in [0.15, 0.2) is 0 Å². The van der Waals surface area contributed by atoms with Crippen molar-refractivity contribution < 1.29 is 9.53 Å². The van der Waals surface area contributed by atoms with E-state index in [1.807, 2.05) is 6.07 Å². The quantitative estimate of drug-likeness (QED) is 0.623. The maximum Gasteiger partial charge on any atom is 0.310 e. The zero-order valence-electron chi connectivity index (χ0n) is 8.59. The molecule has 0 saturated heterocycles. The van der Waals surface area contributed by atoms with Crippen LogP contribution in [0.1, 0.15) is 18.1 Å². The van der Waals surface area contributed by atoms with Crippen LogP contribution in [0.25, 0.3) is 0 Å². The van der Waals surface area contributed by atoms with Gasteiger partial charge in [-0.1, -0.05) is 11.6 Å². The molecule has 1 aromatic rings. The van der Waals surface area contributed by atoms with Crippen LogP contribution in [0, 0.1) is 14.9 Å². The molecule has 0 atom stereocenters. The first-order valence-electron chi connectivity index (χ1n) is 4.62. The minimum atomic E-state index is -0.338. The van der Waals surface area contributed by atoms with Crippen LogP contribution < -0.4 is 0 Å². The van der Waals surface area contributed by atoms with Gasteiger partial charge >= 0.3 is 5.97 Å². The topological polar surface area (TPSA) is 50.1 Å². The van der Waals surface area contributed by atoms with Crippen LogP contribution in [0.2, 0.25) is 5.02 Å². The molecule has 0 fully saturated rings. The Balaban J connectivity index is 3.01. The number of nitriles is 1. The van der Waals surface area contributed by atoms with Gasteiger partial charge in [-0.25, -0.2) is 0 Å². The Morgan fingerprint density at radius 2 is 2.31 bits per heavy atom. The lowest BCUT2D eigenvalue weighted by Gasteiger charge is -2.06. The highest BCUT2D eigenvalue weighted by atomic mass is 127. The van der Waals surface area contributed by atoms with Gasteiger partial charge in [0.2, 0.25) is 0 Å². The zero-order chi connectivity index (χ0) is 12.1. The smallest absolute Gasteiger partial charge is 0.310 e. The van der Waals surface area contributed by atoms with Gasteiger partial charge in [-0.15, -0.1) is 0 Å². The number of benzene rings is 1. The Labute approximate surface area is 112 Å². The number of carbonyl (C=O) groups is 1. The fraction of sp³-hybridized carbons (Fsp3) is 0.273. The van der Waals surface area contributed by atoms with Gasteiger partial charge in [0.25, 0.3) is 0 Å². The molecule has 5 heteroatoms. The Morgan fingerprint density at radius 1 is 1.62 bits per heavy atom. The van der Waals surface area contributed by atoms with Crippen molar-refractivity contribution in [2.75, 3.05) is 6.61 Å². The van der Waals surface area contributed by atoms with Crippen molar-refractivity contribution >= 4 is 40.2 Å². The van der Waals surface area contributed by atoms with Crippen molar-refractivity contribution in [1.82, 2.24) is 0 Å². The maximum atomic E-state index is 11.3. The van der Waals surface area contributed by atoms with E-state index in [1.54, 1.807) is 19.1 Å². The molecule has 0 radical (unpaired) electrons. The van der Waals surface area contributed by atoms with Crippen LogP contribution in [0.4, 0.5) is 0 Å². The summed E-state index contributed by atoms with van der Waals surface area (Å²) in [5.74, 6) is -0.338. The minimum absolute atomic E-state index is 0.0954. The van der Waals surface area contributed by atoms with Crippen molar-refractivity contribution in [1.29, 1.82) is 5.26 Å². The van der Waals surface area contributed by atoms with Crippen LogP contribution in [0.15, 0.2) is 12.1 Å². The predicted molar refractivity (Wildman–Crippen MR) is 69.2 cm³/mol. The maximum absolute atomic E-state index is 11.3. The van der Waals surface area contributed by atoms with Crippen LogP contribution in [-0.2, 0) is 16.0 Å². The van der Waals surface area contributed by atoms with Gasteiger partial charge in [0, 0.05) is 3.57 Å². The van der Waals surface area contributed by atoms with E-state index in [-0.39, 0.29) is 12.4 Å². The van der Waals surface area contributed by atoms with Gasteiger partial charge in [0.1, 0.15) is 6.07 Å². The standard InChI is InChI=1S/C11H9ClINO2/c1-2-16-10(15)5-7-3-9(13)4-8(6-14)11(7)12/h3-4H,2,5H2,1H3. The summed E-state index contributed by atoms with van der Waals surface area (Å²) in [5.41, 5.74) is 1.01. The van der Waals surface area contributed by atoms with Gasteiger partial charge in [-0.05, 0) is 47.2 Å². The molecule has 0 bridgehead atoms. The molecule has 0 unspecified atom stereocenters. The lowest BCUT2D eigenvalue weighted by molar-refractivity contribution is -0.142. The fourth-order valence-corrected chi connectivity index (χ4v) is 2.13. The Bertz CT molecular complexity index is 454. The molecule has 0 aromatic heterocycles. The second-order valence-corrected chi connectivity index (χ2v) is 4.64. The summed E-state index contributed by atoms with van der Waals surface area (Å²) < 4.78 is 5.70. The highest BCUT2D eigenvalue weighted by molar-refractivity contribution is 14.1. The second-order valence-electron chi connectivity index (χ2n) is 3.02. The zero-order valence-corrected chi connectivity index (χ0v) is 11.5. The first-order chi connectivity index (χ1) is 7.58. The van der Waals surface area contributed by atoms with Gasteiger partial charge in [0.05, 0.1) is 23.6 Å². The molecule has 1 aromatic carbocycles. The summed E-state index contributed by atoms with van der Waals surface area (Å²) in [6.45, 7) is 2.08. The normalized spacial score (nSPS) is 9.62. The van der Waals surface area contributed by atoms with Crippen molar-refractivity contribution in [3.8, 4) is 6.07 Å². The Hall–Kier alpha value is -0.800. The molecule has 0 saturated carbocycles. The van der Waals surface area contributed by atoms with Crippen molar-refractivity contribution in [3.63, 3.8) is 0 Å². The first-order valence-corrected chi connectivity index (χ1v) is 6.07. The summed E-state index contributed by atoms with van der Waals surface area (Å²) in [7, 11) is 0. The van der Waals surface area contributed by atoms with Gasteiger partial charge < -0.3 is 4.74 Å². The molecule has 0 spiro atoms. The minimum Gasteiger partial charge on any atom is -0.466 e. The van der Waals surface area contributed by atoms with E-state index in [4.69, 9.17) is 21.6 Å². The molecule has 16 heavy (non-hydrogen) atoms. The SMILES string of the molecule is CCOC(=O)Cc1cc(I)cc(C#N)c1Cl. The average Bonchev–Trinajstić information content (AvgIpc) is 2.23. The molecule has 3 nitrogen and oxygen atoms in total. The van der Waals surface area contributed by atoms with E-state index < -0.39 is 0 Å². The van der Waals surface area contributed by atoms with E-state index >= 15 is 0 Å². The van der Waals surface area contributed by atoms with Crippen molar-refractivity contribution in [3.05, 3.63) is 31.9 Å². The predicted octanol–water partition coefficient (Wildman–Crippen LogP) is 2.92. The number of hydrogen-bond donors (Lipinski definition) is 0. The van der Waals surface area contributed by atoms with Crippen molar-refractivity contribution in [2.24, 2.45) is 0 Å². The number of halogens is 2.